The van der Waals surface area contributed by atoms with Crippen molar-refractivity contribution in [2.75, 3.05) is 39.4 Å². The molecule has 0 unspecified atom stereocenters. The molecule has 0 aliphatic carbocycles. The van der Waals surface area contributed by atoms with E-state index in [0.29, 0.717) is 31.1 Å². The molecule has 0 saturated carbocycles. The third-order valence-corrected chi connectivity index (χ3v) is 6.00. The van der Waals surface area contributed by atoms with Crippen molar-refractivity contribution < 1.29 is 28.6 Å². The van der Waals surface area contributed by atoms with Gasteiger partial charge in [-0.25, -0.2) is 4.39 Å². The lowest BCUT2D eigenvalue weighted by Gasteiger charge is -2.31. The Morgan fingerprint density at radius 2 is 1.76 bits per heavy atom. The van der Waals surface area contributed by atoms with Gasteiger partial charge in [0, 0.05) is 37.3 Å². The molecule has 0 bridgehead atoms. The number of carbonyl (C=O) groups is 2. The molecule has 2 aliphatic heterocycles. The van der Waals surface area contributed by atoms with Gasteiger partial charge in [-0.2, -0.15) is 0 Å². The smallest absolute Gasteiger partial charge is 0.295 e. The van der Waals surface area contributed by atoms with Crippen LogP contribution in [0.15, 0.2) is 54.1 Å². The number of likely N-dealkylation sites (tertiary alicyclic amines) is 1. The van der Waals surface area contributed by atoms with E-state index in [9.17, 15) is 19.1 Å². The molecule has 180 valence electrons. The summed E-state index contributed by atoms with van der Waals surface area (Å²) in [4.78, 5) is 29.6. The summed E-state index contributed by atoms with van der Waals surface area (Å²) in [5.41, 5.74) is 0.406. The fourth-order valence-corrected chi connectivity index (χ4v) is 4.32. The summed E-state index contributed by atoms with van der Waals surface area (Å²) < 4.78 is 25.9. The van der Waals surface area contributed by atoms with Gasteiger partial charge in [0.15, 0.2) is 0 Å². The van der Waals surface area contributed by atoms with Crippen LogP contribution in [0.25, 0.3) is 5.76 Å². The van der Waals surface area contributed by atoms with Gasteiger partial charge in [0.05, 0.1) is 30.9 Å². The monoisotopic (exact) mass is 468 g/mol. The van der Waals surface area contributed by atoms with E-state index in [1.54, 1.807) is 42.5 Å². The molecular weight excluding hydrogens is 439 g/mol. The molecule has 7 nitrogen and oxygen atoms in total. The largest absolute Gasteiger partial charge is 0.507 e. The Labute approximate surface area is 198 Å². The van der Waals surface area contributed by atoms with Crippen molar-refractivity contribution in [1.29, 1.82) is 0 Å². The van der Waals surface area contributed by atoms with Crippen LogP contribution in [0.2, 0.25) is 0 Å². The quantitative estimate of drug-likeness (QED) is 0.381. The van der Waals surface area contributed by atoms with E-state index in [1.807, 2.05) is 13.8 Å². The molecule has 0 radical (unpaired) electrons. The maximum Gasteiger partial charge on any atom is 0.295 e. The van der Waals surface area contributed by atoms with Crippen LogP contribution in [0.3, 0.4) is 0 Å². The summed E-state index contributed by atoms with van der Waals surface area (Å²) in [5, 5.41) is 11.1. The van der Waals surface area contributed by atoms with Crippen LogP contribution in [-0.2, 0) is 14.3 Å². The zero-order chi connectivity index (χ0) is 24.2. The number of ketones is 1. The van der Waals surface area contributed by atoms with E-state index in [2.05, 4.69) is 4.90 Å². The number of amides is 1. The molecule has 1 atom stereocenters. The molecule has 2 aromatic carbocycles. The first-order valence-electron chi connectivity index (χ1n) is 11.5. The second kappa shape index (κ2) is 10.4. The molecule has 2 saturated heterocycles. The fourth-order valence-electron chi connectivity index (χ4n) is 4.32. The molecule has 1 amide bonds. The highest BCUT2D eigenvalue weighted by Gasteiger charge is 2.46. The first-order valence-corrected chi connectivity index (χ1v) is 11.5. The van der Waals surface area contributed by atoms with Gasteiger partial charge in [-0.3, -0.25) is 14.5 Å². The highest BCUT2D eigenvalue weighted by atomic mass is 19.1. The Bertz CT molecular complexity index is 1080. The Morgan fingerprint density at radius 3 is 2.41 bits per heavy atom. The van der Waals surface area contributed by atoms with Gasteiger partial charge in [-0.1, -0.05) is 18.2 Å². The molecule has 2 aromatic rings. The zero-order valence-corrected chi connectivity index (χ0v) is 19.4. The number of morpholine rings is 1. The molecule has 2 heterocycles. The van der Waals surface area contributed by atoms with E-state index in [1.165, 1.54) is 11.0 Å². The van der Waals surface area contributed by atoms with Gasteiger partial charge in [-0.15, -0.1) is 0 Å². The Morgan fingerprint density at radius 1 is 1.09 bits per heavy atom. The van der Waals surface area contributed by atoms with Crippen molar-refractivity contribution in [1.82, 2.24) is 9.80 Å². The summed E-state index contributed by atoms with van der Waals surface area (Å²) in [6.07, 6.45) is -0.0164. The number of carbonyl (C=O) groups excluding carboxylic acids is 2. The van der Waals surface area contributed by atoms with E-state index >= 15 is 0 Å². The van der Waals surface area contributed by atoms with Crippen LogP contribution in [0.4, 0.5) is 4.39 Å². The van der Waals surface area contributed by atoms with Crippen molar-refractivity contribution in [3.8, 4) is 5.75 Å². The van der Waals surface area contributed by atoms with Crippen LogP contribution in [0, 0.1) is 5.82 Å². The molecule has 0 spiro atoms. The van der Waals surface area contributed by atoms with Gasteiger partial charge in [0.1, 0.15) is 17.3 Å². The first-order chi connectivity index (χ1) is 16.4. The number of hydrogen-bond acceptors (Lipinski definition) is 6. The van der Waals surface area contributed by atoms with Gasteiger partial charge < -0.3 is 19.5 Å². The van der Waals surface area contributed by atoms with Crippen molar-refractivity contribution in [2.45, 2.75) is 26.0 Å². The molecular formula is C26H29FN2O5. The second-order valence-electron chi connectivity index (χ2n) is 8.66. The molecule has 0 aromatic heterocycles. The molecule has 1 N–H and O–H groups in total. The highest BCUT2D eigenvalue weighted by Crippen LogP contribution is 2.40. The van der Waals surface area contributed by atoms with Crippen LogP contribution >= 0.6 is 0 Å². The van der Waals surface area contributed by atoms with Crippen LogP contribution in [0.1, 0.15) is 31.0 Å². The number of hydrogen-bond donors (Lipinski definition) is 1. The van der Waals surface area contributed by atoms with E-state index in [0.717, 1.165) is 13.1 Å². The predicted octanol–water partition coefficient (Wildman–Crippen LogP) is 3.37. The van der Waals surface area contributed by atoms with Crippen LogP contribution < -0.4 is 4.74 Å². The van der Waals surface area contributed by atoms with E-state index in [-0.39, 0.29) is 29.5 Å². The molecule has 4 rings (SSSR count). The van der Waals surface area contributed by atoms with Gasteiger partial charge >= 0.3 is 0 Å². The average molecular weight is 469 g/mol. The SMILES string of the molecule is CC(C)Oc1ccc(/C(O)=C2\C(=O)C(=O)N(CCN3CCOCC3)[C@@H]2c2ccccc2F)cc1. The summed E-state index contributed by atoms with van der Waals surface area (Å²) in [6, 6.07) is 11.6. The lowest BCUT2D eigenvalue weighted by molar-refractivity contribution is -0.140. The normalized spacial score (nSPS) is 20.8. The third kappa shape index (κ3) is 4.98. The first kappa shape index (κ1) is 23.9. The summed E-state index contributed by atoms with van der Waals surface area (Å²) in [7, 11) is 0. The van der Waals surface area contributed by atoms with E-state index in [4.69, 9.17) is 9.47 Å². The molecule has 34 heavy (non-hydrogen) atoms. The van der Waals surface area contributed by atoms with Crippen molar-refractivity contribution in [3.63, 3.8) is 0 Å². The molecule has 8 heteroatoms. The minimum absolute atomic E-state index is 0.0164. The Balaban J connectivity index is 1.71. The number of rotatable bonds is 7. The van der Waals surface area contributed by atoms with Crippen LogP contribution in [0.5, 0.6) is 5.75 Å². The zero-order valence-electron chi connectivity index (χ0n) is 19.4. The number of Topliss-reactive ketones (excluding diaryl/α,β-unsaturated/α-hetero) is 1. The van der Waals surface area contributed by atoms with Gasteiger partial charge in [-0.05, 0) is 44.2 Å². The molecule has 2 fully saturated rings. The second-order valence-corrected chi connectivity index (χ2v) is 8.66. The number of nitrogens with zero attached hydrogens (tertiary/aromatic N) is 2. The van der Waals surface area contributed by atoms with Crippen LogP contribution in [-0.4, -0.2) is 72.1 Å². The fraction of sp³-hybridized carbons (Fsp3) is 0.385. The predicted molar refractivity (Wildman–Crippen MR) is 125 cm³/mol. The minimum atomic E-state index is -1.02. The van der Waals surface area contributed by atoms with Crippen molar-refractivity contribution in [2.24, 2.45) is 0 Å². The standard InChI is InChI=1S/C26H29FN2O5/c1-17(2)34-19-9-7-18(8-10-19)24(30)22-23(20-5-3-4-6-21(20)27)29(26(32)25(22)31)12-11-28-13-15-33-16-14-28/h3-10,17,23,30H,11-16H2,1-2H3/b24-22+/t23-/m1/s1. The topological polar surface area (TPSA) is 79.3 Å². The maximum atomic E-state index is 14.9. The summed E-state index contributed by atoms with van der Waals surface area (Å²) in [5.74, 6) is -1.84. The summed E-state index contributed by atoms with van der Waals surface area (Å²) in [6.45, 7) is 7.20. The lowest BCUT2D eigenvalue weighted by atomic mass is 9.95. The number of aliphatic hydroxyl groups excluding tert-OH is 1. The highest BCUT2D eigenvalue weighted by molar-refractivity contribution is 6.46. The van der Waals surface area contributed by atoms with Crippen molar-refractivity contribution >= 4 is 17.4 Å². The Hall–Kier alpha value is -3.23. The number of aliphatic hydroxyl groups is 1. The minimum Gasteiger partial charge on any atom is -0.507 e. The van der Waals surface area contributed by atoms with Crippen molar-refractivity contribution in [3.05, 3.63) is 71.0 Å². The average Bonchev–Trinajstić information content (AvgIpc) is 3.08. The third-order valence-electron chi connectivity index (χ3n) is 6.00. The summed E-state index contributed by atoms with van der Waals surface area (Å²) >= 11 is 0. The number of ether oxygens (including phenoxy) is 2. The van der Waals surface area contributed by atoms with Gasteiger partial charge in [0.2, 0.25) is 0 Å². The number of benzene rings is 2. The maximum absolute atomic E-state index is 14.9. The molecule has 2 aliphatic rings. The number of halogens is 1. The van der Waals surface area contributed by atoms with Gasteiger partial charge in [0.25, 0.3) is 11.7 Å². The lowest BCUT2D eigenvalue weighted by Crippen LogP contribution is -2.42. The Kier molecular flexibility index (Phi) is 7.29. The van der Waals surface area contributed by atoms with E-state index < -0.39 is 23.5 Å².